The highest BCUT2D eigenvalue weighted by Crippen LogP contribution is 2.28. The summed E-state index contributed by atoms with van der Waals surface area (Å²) in [4.78, 5) is 13.1. The number of piperidine rings is 1. The van der Waals surface area contributed by atoms with E-state index in [1.807, 2.05) is 0 Å². The van der Waals surface area contributed by atoms with Crippen molar-refractivity contribution in [2.24, 2.45) is 0 Å². The number of amides is 1. The Bertz CT molecular complexity index is 378. The second kappa shape index (κ2) is 5.30. The Hall–Kier alpha value is -0.690. The number of nitrogens with zero attached hydrogens (tertiary/aromatic N) is 1. The molecule has 0 aromatic heterocycles. The molecule has 0 spiro atoms. The molecule has 1 atom stereocenters. The summed E-state index contributed by atoms with van der Waals surface area (Å²) < 4.78 is 45.3. The zero-order valence-corrected chi connectivity index (χ0v) is 10.7. The molecule has 5 nitrogen and oxygen atoms in total. The first-order valence-corrected chi connectivity index (χ1v) is 7.22. The molecular weight excluding hydrogens is 249 g/mol. The molecule has 7 heteroatoms. The number of alkyl halides is 1. The van der Waals surface area contributed by atoms with E-state index in [0.29, 0.717) is 13.1 Å². The van der Waals surface area contributed by atoms with Crippen molar-refractivity contribution in [2.75, 3.05) is 13.1 Å². The Morgan fingerprint density at radius 2 is 1.88 bits per heavy atom. The number of hydrogen-bond donors (Lipinski definition) is 1. The lowest BCUT2D eigenvalue weighted by Gasteiger charge is -2.32. The van der Waals surface area contributed by atoms with Crippen LogP contribution in [0.5, 0.6) is 0 Å². The summed E-state index contributed by atoms with van der Waals surface area (Å²) in [7, 11) is -5.03. The summed E-state index contributed by atoms with van der Waals surface area (Å²) in [5.74, 6) is -1.12. The second-order valence-electron chi connectivity index (χ2n) is 4.31. The fraction of sp³-hybridized carbons (Fsp3) is 0.900. The van der Waals surface area contributed by atoms with Gasteiger partial charge in [0.1, 0.15) is 0 Å². The number of halogens is 1. The van der Waals surface area contributed by atoms with E-state index in [1.54, 1.807) is 6.92 Å². The summed E-state index contributed by atoms with van der Waals surface area (Å²) >= 11 is 0. The number of rotatable bonds is 4. The molecule has 1 heterocycles. The van der Waals surface area contributed by atoms with Crippen molar-refractivity contribution >= 4 is 16.0 Å². The quantitative estimate of drug-likeness (QED) is 0.780. The molecule has 0 saturated carbocycles. The molecule has 1 aliphatic heterocycles. The summed E-state index contributed by atoms with van der Waals surface area (Å²) in [5, 5.41) is -3.18. The number of carbonyl (C=O) groups is 1. The van der Waals surface area contributed by atoms with Crippen LogP contribution in [0.25, 0.3) is 0 Å². The standard InChI is InChI=1S/C10H18FNO4S/c1-2-6-10(11,17(14,15)16)9(13)12-7-4-3-5-8-12/h2-8H2,1H3,(H,14,15,16). The minimum absolute atomic E-state index is 0.163. The molecule has 0 aliphatic carbocycles. The van der Waals surface area contributed by atoms with Gasteiger partial charge in [-0.2, -0.15) is 8.42 Å². The van der Waals surface area contributed by atoms with E-state index in [-0.39, 0.29) is 6.42 Å². The predicted molar refractivity (Wildman–Crippen MR) is 60.7 cm³/mol. The number of likely N-dealkylation sites (tertiary alicyclic amines) is 1. The summed E-state index contributed by atoms with van der Waals surface area (Å²) in [6, 6.07) is 0. The molecule has 0 aromatic carbocycles. The smallest absolute Gasteiger partial charge is 0.312 e. The fourth-order valence-corrected chi connectivity index (χ4v) is 2.81. The molecule has 0 bridgehead atoms. The van der Waals surface area contributed by atoms with Gasteiger partial charge in [0, 0.05) is 19.5 Å². The molecule has 1 aliphatic rings. The molecule has 1 N–H and O–H groups in total. The van der Waals surface area contributed by atoms with E-state index in [9.17, 15) is 17.6 Å². The van der Waals surface area contributed by atoms with Crippen LogP contribution >= 0.6 is 0 Å². The van der Waals surface area contributed by atoms with Crippen LogP contribution in [-0.4, -0.2) is 41.9 Å². The van der Waals surface area contributed by atoms with E-state index < -0.39 is 27.4 Å². The highest BCUT2D eigenvalue weighted by atomic mass is 32.2. The summed E-state index contributed by atoms with van der Waals surface area (Å²) in [6.07, 6.45) is 2.07. The van der Waals surface area contributed by atoms with Crippen LogP contribution in [0.3, 0.4) is 0 Å². The van der Waals surface area contributed by atoms with Gasteiger partial charge < -0.3 is 4.90 Å². The topological polar surface area (TPSA) is 74.7 Å². The molecule has 1 unspecified atom stereocenters. The van der Waals surface area contributed by atoms with Gasteiger partial charge in [-0.25, -0.2) is 4.39 Å². The van der Waals surface area contributed by atoms with Crippen LogP contribution in [-0.2, 0) is 14.9 Å². The number of carbonyl (C=O) groups excluding carboxylic acids is 1. The van der Waals surface area contributed by atoms with Crippen LogP contribution in [0.4, 0.5) is 4.39 Å². The van der Waals surface area contributed by atoms with Crippen molar-refractivity contribution in [1.82, 2.24) is 4.90 Å². The first kappa shape index (κ1) is 14.4. The minimum atomic E-state index is -5.03. The predicted octanol–water partition coefficient (Wildman–Crippen LogP) is 1.35. The van der Waals surface area contributed by atoms with E-state index in [2.05, 4.69) is 0 Å². The second-order valence-corrected chi connectivity index (χ2v) is 5.90. The van der Waals surface area contributed by atoms with Gasteiger partial charge in [0.05, 0.1) is 0 Å². The maximum Gasteiger partial charge on any atom is 0.312 e. The summed E-state index contributed by atoms with van der Waals surface area (Å²) in [6.45, 7) is 2.26. The van der Waals surface area contributed by atoms with Crippen LogP contribution in [0, 0.1) is 0 Å². The minimum Gasteiger partial charge on any atom is -0.339 e. The van der Waals surface area contributed by atoms with Gasteiger partial charge in [-0.3, -0.25) is 9.35 Å². The maximum atomic E-state index is 14.2. The van der Waals surface area contributed by atoms with Crippen molar-refractivity contribution < 1.29 is 22.2 Å². The van der Waals surface area contributed by atoms with Gasteiger partial charge in [0.15, 0.2) is 0 Å². The molecule has 1 amide bonds. The summed E-state index contributed by atoms with van der Waals surface area (Å²) in [5.41, 5.74) is 0. The highest BCUT2D eigenvalue weighted by molar-refractivity contribution is 7.87. The molecule has 0 radical (unpaired) electrons. The SMILES string of the molecule is CCCC(F)(C(=O)N1CCCCC1)S(=O)(=O)O. The first-order valence-electron chi connectivity index (χ1n) is 5.78. The van der Waals surface area contributed by atoms with Gasteiger partial charge >= 0.3 is 15.1 Å². The normalized spacial score (nSPS) is 21.0. The Morgan fingerprint density at radius 1 is 1.35 bits per heavy atom. The van der Waals surface area contributed by atoms with Gasteiger partial charge in [0.2, 0.25) is 0 Å². The van der Waals surface area contributed by atoms with Gasteiger partial charge in [-0.15, -0.1) is 0 Å². The fourth-order valence-electron chi connectivity index (χ4n) is 2.00. The molecule has 17 heavy (non-hydrogen) atoms. The van der Waals surface area contributed by atoms with E-state index in [4.69, 9.17) is 4.55 Å². The molecule has 0 aromatic rings. The van der Waals surface area contributed by atoms with Crippen molar-refractivity contribution in [3.05, 3.63) is 0 Å². The lowest BCUT2D eigenvalue weighted by atomic mass is 10.1. The maximum absolute atomic E-state index is 14.2. The molecule has 1 rings (SSSR count). The van der Waals surface area contributed by atoms with E-state index in [1.165, 1.54) is 4.90 Å². The third-order valence-electron chi connectivity index (χ3n) is 2.94. The van der Waals surface area contributed by atoms with Crippen LogP contribution in [0.1, 0.15) is 39.0 Å². The van der Waals surface area contributed by atoms with Gasteiger partial charge in [-0.1, -0.05) is 13.3 Å². The van der Waals surface area contributed by atoms with Gasteiger partial charge in [-0.05, 0) is 19.3 Å². The molecule has 1 fully saturated rings. The lowest BCUT2D eigenvalue weighted by molar-refractivity contribution is -0.140. The van der Waals surface area contributed by atoms with Crippen molar-refractivity contribution in [2.45, 2.75) is 44.0 Å². The van der Waals surface area contributed by atoms with Gasteiger partial charge in [0.25, 0.3) is 5.91 Å². The third-order valence-corrected chi connectivity index (χ3v) is 4.14. The van der Waals surface area contributed by atoms with Crippen LogP contribution in [0.15, 0.2) is 0 Å². The van der Waals surface area contributed by atoms with Crippen LogP contribution < -0.4 is 0 Å². The van der Waals surface area contributed by atoms with E-state index >= 15 is 0 Å². The average molecular weight is 267 g/mol. The molecular formula is C10H18FNO4S. The van der Waals surface area contributed by atoms with Crippen LogP contribution in [0.2, 0.25) is 0 Å². The molecule has 100 valence electrons. The highest BCUT2D eigenvalue weighted by Gasteiger charge is 2.52. The monoisotopic (exact) mass is 267 g/mol. The average Bonchev–Trinajstić information content (AvgIpc) is 2.28. The Labute approximate surface area is 101 Å². The number of hydrogen-bond acceptors (Lipinski definition) is 3. The zero-order chi connectivity index (χ0) is 13.1. The Kier molecular flexibility index (Phi) is 4.48. The lowest BCUT2D eigenvalue weighted by Crippen LogP contribution is -2.52. The zero-order valence-electron chi connectivity index (χ0n) is 9.86. The Balaban J connectivity index is 2.94. The third kappa shape index (κ3) is 2.95. The Morgan fingerprint density at radius 3 is 2.29 bits per heavy atom. The first-order chi connectivity index (χ1) is 7.83. The van der Waals surface area contributed by atoms with Crippen molar-refractivity contribution in [1.29, 1.82) is 0 Å². The van der Waals surface area contributed by atoms with E-state index in [0.717, 1.165) is 19.3 Å². The van der Waals surface area contributed by atoms with Crippen molar-refractivity contribution in [3.63, 3.8) is 0 Å². The largest absolute Gasteiger partial charge is 0.339 e. The molecule has 1 saturated heterocycles. The van der Waals surface area contributed by atoms with Crippen molar-refractivity contribution in [3.8, 4) is 0 Å².